The zero-order chi connectivity index (χ0) is 28.3. The van der Waals surface area contributed by atoms with Gasteiger partial charge in [0.05, 0.1) is 18.0 Å². The number of ketones is 1. The lowest BCUT2D eigenvalue weighted by molar-refractivity contribution is -0.134. The highest BCUT2D eigenvalue weighted by Gasteiger charge is 2.56. The fourth-order valence-corrected chi connectivity index (χ4v) is 5.76. The van der Waals surface area contributed by atoms with Crippen molar-refractivity contribution in [2.45, 2.75) is 24.3 Å². The minimum atomic E-state index is -1.22. The van der Waals surface area contributed by atoms with Gasteiger partial charge in [0.1, 0.15) is 23.2 Å². The molecule has 5 rings (SSSR count). The van der Waals surface area contributed by atoms with Gasteiger partial charge in [0.15, 0.2) is 5.78 Å². The Balaban J connectivity index is 1.41. The van der Waals surface area contributed by atoms with Crippen LogP contribution in [0.25, 0.3) is 0 Å². The van der Waals surface area contributed by atoms with Crippen LogP contribution in [0.1, 0.15) is 29.9 Å². The Hall–Kier alpha value is -4.07. The van der Waals surface area contributed by atoms with Crippen molar-refractivity contribution >= 4 is 29.4 Å². The lowest BCUT2D eigenvalue weighted by atomic mass is 9.72. The minimum Gasteiger partial charge on any atom is -0.410 e. The van der Waals surface area contributed by atoms with E-state index in [1.54, 1.807) is 19.2 Å². The maximum absolute atomic E-state index is 14.5. The van der Waals surface area contributed by atoms with E-state index in [0.29, 0.717) is 49.0 Å². The van der Waals surface area contributed by atoms with Crippen LogP contribution in [0.15, 0.2) is 60.9 Å². The van der Waals surface area contributed by atoms with E-state index in [0.717, 1.165) is 5.56 Å². The number of carbonyl (C=O) groups excluding carboxylic acids is 2. The number of ether oxygens (including phenoxy) is 1. The number of nitriles is 1. The molecule has 2 aliphatic rings. The molecule has 40 heavy (non-hydrogen) atoms. The first-order chi connectivity index (χ1) is 19.3. The predicted molar refractivity (Wildman–Crippen MR) is 147 cm³/mol. The first-order valence-corrected chi connectivity index (χ1v) is 13.4. The molecule has 0 spiro atoms. The molecule has 2 atom stereocenters. The molecule has 0 radical (unpaired) electrons. The van der Waals surface area contributed by atoms with Crippen molar-refractivity contribution in [3.05, 3.63) is 82.9 Å². The Morgan fingerprint density at radius 2 is 1.77 bits per heavy atom. The number of piperidine rings is 1. The Kier molecular flexibility index (Phi) is 7.96. The average molecular weight is 563 g/mol. The molecule has 1 aromatic heterocycles. The zero-order valence-electron chi connectivity index (χ0n) is 21.9. The number of hydrogen-bond donors (Lipinski definition) is 1. The van der Waals surface area contributed by atoms with Gasteiger partial charge in [-0.05, 0) is 54.8 Å². The van der Waals surface area contributed by atoms with Crippen molar-refractivity contribution in [1.29, 1.82) is 5.26 Å². The monoisotopic (exact) mass is 562 g/mol. The topological polar surface area (TPSA) is 111 Å². The molecule has 1 amide bonds. The highest BCUT2D eigenvalue weighted by molar-refractivity contribution is 6.30. The molecular weight excluding hydrogens is 535 g/mol. The van der Waals surface area contributed by atoms with Crippen LogP contribution in [0.2, 0.25) is 5.02 Å². The number of Topliss-reactive ketones (excluding diaryl/α,β-unsaturated/α-hetero) is 1. The van der Waals surface area contributed by atoms with Gasteiger partial charge < -0.3 is 15.0 Å². The fraction of sp³-hybridized carbons (Fsp3) is 0.345. The van der Waals surface area contributed by atoms with E-state index < -0.39 is 17.4 Å². The summed E-state index contributed by atoms with van der Waals surface area (Å²) in [7, 11) is 1.58. The third-order valence-corrected chi connectivity index (χ3v) is 8.08. The SMILES string of the molecule is CN(C(=O)Oc1ccc(F)cc1)[C@]1(C(=O)C2CCN(c3ncc(C#N)cn3)CC2)CNC[C@H]1c1ccc(Cl)cc1. The zero-order valence-corrected chi connectivity index (χ0v) is 22.6. The molecule has 2 aromatic carbocycles. The van der Waals surface area contributed by atoms with Crippen LogP contribution in [-0.4, -0.2) is 65.5 Å². The normalized spacial score (nSPS) is 21.1. The van der Waals surface area contributed by atoms with Gasteiger partial charge >= 0.3 is 6.09 Å². The number of halogens is 2. The van der Waals surface area contributed by atoms with E-state index >= 15 is 0 Å². The number of hydrogen-bond acceptors (Lipinski definition) is 8. The van der Waals surface area contributed by atoms with Gasteiger partial charge in [0.2, 0.25) is 5.95 Å². The van der Waals surface area contributed by atoms with Crippen molar-refractivity contribution < 1.29 is 18.7 Å². The van der Waals surface area contributed by atoms with E-state index in [-0.39, 0.29) is 29.9 Å². The molecular formula is C29H28ClFN6O3. The summed E-state index contributed by atoms with van der Waals surface area (Å²) in [5, 5.41) is 12.9. The van der Waals surface area contributed by atoms with Crippen molar-refractivity contribution in [1.82, 2.24) is 20.2 Å². The lowest BCUT2D eigenvalue weighted by Gasteiger charge is -2.44. The summed E-state index contributed by atoms with van der Waals surface area (Å²) < 4.78 is 19.0. The van der Waals surface area contributed by atoms with Gasteiger partial charge in [0.25, 0.3) is 0 Å². The molecule has 0 aliphatic carbocycles. The van der Waals surface area contributed by atoms with E-state index in [9.17, 15) is 14.0 Å². The second kappa shape index (κ2) is 11.6. The number of rotatable bonds is 6. The molecule has 9 nitrogen and oxygen atoms in total. The predicted octanol–water partition coefficient (Wildman–Crippen LogP) is 4.18. The first-order valence-electron chi connectivity index (χ1n) is 13.0. The Labute approximate surface area is 236 Å². The number of benzene rings is 2. The van der Waals surface area contributed by atoms with E-state index in [2.05, 4.69) is 15.3 Å². The molecule has 2 fully saturated rings. The van der Waals surface area contributed by atoms with E-state index in [4.69, 9.17) is 21.6 Å². The molecule has 206 valence electrons. The van der Waals surface area contributed by atoms with Crippen molar-refractivity contribution in [2.75, 3.05) is 38.1 Å². The van der Waals surface area contributed by atoms with Crippen LogP contribution in [0, 0.1) is 23.1 Å². The van der Waals surface area contributed by atoms with Gasteiger partial charge in [-0.1, -0.05) is 23.7 Å². The number of carbonyl (C=O) groups is 2. The third-order valence-electron chi connectivity index (χ3n) is 7.83. The lowest BCUT2D eigenvalue weighted by Crippen LogP contribution is -2.62. The minimum absolute atomic E-state index is 0.0450. The molecule has 0 unspecified atom stereocenters. The van der Waals surface area contributed by atoms with Gasteiger partial charge in [0, 0.05) is 50.1 Å². The molecule has 3 heterocycles. The molecule has 0 saturated carbocycles. The Bertz CT molecular complexity index is 1410. The van der Waals surface area contributed by atoms with Crippen LogP contribution in [0.3, 0.4) is 0 Å². The summed E-state index contributed by atoms with van der Waals surface area (Å²) >= 11 is 6.14. The molecule has 0 bridgehead atoms. The standard InChI is InChI=1S/C29H28ClFN6O3/c1-36(28(39)40-24-8-6-23(31)7-9-24)29(18-33-17-25(29)20-2-4-22(30)5-3-20)26(38)21-10-12-37(13-11-21)27-34-15-19(14-32)16-35-27/h2-9,15-16,21,25,33H,10-13,17-18H2,1H3/t25-,29+/m0/s1. The second-order valence-corrected chi connectivity index (χ2v) is 10.5. The molecule has 2 saturated heterocycles. The highest BCUT2D eigenvalue weighted by atomic mass is 35.5. The number of anilines is 1. The van der Waals surface area contributed by atoms with Gasteiger partial charge in [-0.3, -0.25) is 9.69 Å². The smallest absolute Gasteiger partial charge is 0.410 e. The van der Waals surface area contributed by atoms with Crippen LogP contribution >= 0.6 is 11.6 Å². The second-order valence-electron chi connectivity index (χ2n) is 10.0. The van der Waals surface area contributed by atoms with Gasteiger partial charge in [-0.25, -0.2) is 19.2 Å². The largest absolute Gasteiger partial charge is 0.415 e. The van der Waals surface area contributed by atoms with E-state index in [1.165, 1.54) is 41.6 Å². The maximum atomic E-state index is 14.5. The highest BCUT2D eigenvalue weighted by Crippen LogP contribution is 2.41. The van der Waals surface area contributed by atoms with Gasteiger partial charge in [-0.2, -0.15) is 5.26 Å². The van der Waals surface area contributed by atoms with Crippen LogP contribution in [0.4, 0.5) is 15.1 Å². The van der Waals surface area contributed by atoms with Crippen molar-refractivity contribution in [2.24, 2.45) is 5.92 Å². The molecule has 2 aliphatic heterocycles. The maximum Gasteiger partial charge on any atom is 0.415 e. The number of nitrogens with zero attached hydrogens (tertiary/aromatic N) is 5. The number of amides is 1. The quantitative estimate of drug-likeness (QED) is 0.476. The van der Waals surface area contributed by atoms with E-state index in [1.807, 2.05) is 23.1 Å². The molecule has 3 aromatic rings. The fourth-order valence-electron chi connectivity index (χ4n) is 5.64. The summed E-state index contributed by atoms with van der Waals surface area (Å²) in [6.45, 7) is 1.86. The Morgan fingerprint density at radius 1 is 1.12 bits per heavy atom. The van der Waals surface area contributed by atoms with Crippen LogP contribution in [-0.2, 0) is 4.79 Å². The third kappa shape index (κ3) is 5.35. The summed E-state index contributed by atoms with van der Waals surface area (Å²) in [5.41, 5.74) is 0.0452. The number of likely N-dealkylation sites (N-methyl/N-ethyl adjacent to an activating group) is 1. The Morgan fingerprint density at radius 3 is 2.40 bits per heavy atom. The molecule has 1 N–H and O–H groups in total. The molecule has 11 heteroatoms. The van der Waals surface area contributed by atoms with Crippen LogP contribution < -0.4 is 15.0 Å². The first kappa shape index (κ1) is 27.5. The van der Waals surface area contributed by atoms with Crippen molar-refractivity contribution in [3.8, 4) is 11.8 Å². The average Bonchev–Trinajstić information content (AvgIpc) is 3.44. The van der Waals surface area contributed by atoms with Crippen molar-refractivity contribution in [3.63, 3.8) is 0 Å². The summed E-state index contributed by atoms with van der Waals surface area (Å²) in [4.78, 5) is 39.9. The van der Waals surface area contributed by atoms with Gasteiger partial charge in [-0.15, -0.1) is 0 Å². The summed E-state index contributed by atoms with van der Waals surface area (Å²) in [6, 6.07) is 14.5. The summed E-state index contributed by atoms with van der Waals surface area (Å²) in [6.07, 6.45) is 3.37. The number of aromatic nitrogens is 2. The number of nitrogens with one attached hydrogen (secondary N) is 1. The summed E-state index contributed by atoms with van der Waals surface area (Å²) in [5.74, 6) is -0.447. The van der Waals surface area contributed by atoms with Crippen LogP contribution in [0.5, 0.6) is 5.75 Å².